The third-order valence-corrected chi connectivity index (χ3v) is 7.05. The van der Waals surface area contributed by atoms with Crippen LogP contribution < -0.4 is 5.69 Å². The first-order valence-electron chi connectivity index (χ1n) is 13.7. The van der Waals surface area contributed by atoms with Crippen molar-refractivity contribution in [1.82, 2.24) is 14.3 Å². The second-order valence-electron chi connectivity index (χ2n) is 11.6. The number of aliphatic carboxylic acids is 1. The summed E-state index contributed by atoms with van der Waals surface area (Å²) < 4.78 is 3.41. The Labute approximate surface area is 231 Å². The molecule has 6 heteroatoms. The Bertz CT molecular complexity index is 1470. The minimum Gasteiger partial charge on any atom is -0.481 e. The van der Waals surface area contributed by atoms with Crippen LogP contribution in [0.1, 0.15) is 75.2 Å². The van der Waals surface area contributed by atoms with Gasteiger partial charge in [0.2, 0.25) is 0 Å². The molecule has 39 heavy (non-hydrogen) atoms. The molecule has 0 aliphatic rings. The molecule has 1 aromatic heterocycles. The molecule has 0 aliphatic carbocycles. The van der Waals surface area contributed by atoms with Crippen LogP contribution in [0.2, 0.25) is 0 Å². The van der Waals surface area contributed by atoms with Crippen LogP contribution in [0.4, 0.5) is 0 Å². The van der Waals surface area contributed by atoms with E-state index in [9.17, 15) is 9.59 Å². The van der Waals surface area contributed by atoms with E-state index >= 15 is 0 Å². The van der Waals surface area contributed by atoms with Gasteiger partial charge in [0, 0.05) is 12.5 Å². The van der Waals surface area contributed by atoms with Gasteiger partial charge in [-0.2, -0.15) is 5.10 Å². The monoisotopic (exact) mass is 525 g/mol. The highest BCUT2D eigenvalue weighted by molar-refractivity contribution is 5.72. The van der Waals surface area contributed by atoms with Gasteiger partial charge in [0.05, 0.1) is 13.0 Å². The Kier molecular flexibility index (Phi) is 8.54. The summed E-state index contributed by atoms with van der Waals surface area (Å²) in [5, 5.41) is 13.8. The highest BCUT2D eigenvalue weighted by Gasteiger charge is 2.17. The predicted molar refractivity (Wildman–Crippen MR) is 156 cm³/mol. The van der Waals surface area contributed by atoms with Crippen molar-refractivity contribution in [2.45, 2.75) is 78.3 Å². The smallest absolute Gasteiger partial charge is 0.346 e. The molecule has 0 unspecified atom stereocenters. The number of benzene rings is 3. The summed E-state index contributed by atoms with van der Waals surface area (Å²) >= 11 is 0. The van der Waals surface area contributed by atoms with E-state index in [1.807, 2.05) is 42.7 Å². The van der Waals surface area contributed by atoms with E-state index in [4.69, 9.17) is 10.2 Å². The van der Waals surface area contributed by atoms with Gasteiger partial charge in [-0.3, -0.25) is 9.36 Å². The van der Waals surface area contributed by atoms with Gasteiger partial charge >= 0.3 is 11.7 Å². The molecule has 0 atom stereocenters. The number of carboxylic acid groups (broad SMARTS) is 1. The van der Waals surface area contributed by atoms with Gasteiger partial charge in [-0.1, -0.05) is 93.6 Å². The molecular weight excluding hydrogens is 486 g/mol. The average Bonchev–Trinajstić information content (AvgIpc) is 3.18. The van der Waals surface area contributed by atoms with Crippen molar-refractivity contribution in [3.63, 3.8) is 0 Å². The maximum Gasteiger partial charge on any atom is 0.346 e. The Morgan fingerprint density at radius 3 is 2.15 bits per heavy atom. The minimum atomic E-state index is -0.829. The van der Waals surface area contributed by atoms with Crippen molar-refractivity contribution in [3.05, 3.63) is 111 Å². The lowest BCUT2D eigenvalue weighted by Crippen LogP contribution is -2.27. The first kappa shape index (κ1) is 28.1. The first-order valence-corrected chi connectivity index (χ1v) is 13.7. The number of aryl methyl sites for hydroxylation is 2. The van der Waals surface area contributed by atoms with E-state index in [0.29, 0.717) is 6.54 Å². The Hall–Kier alpha value is -3.93. The fourth-order valence-electron chi connectivity index (χ4n) is 4.89. The molecule has 204 valence electrons. The Morgan fingerprint density at radius 2 is 1.54 bits per heavy atom. The lowest BCUT2D eigenvalue weighted by molar-refractivity contribution is -0.136. The maximum atomic E-state index is 13.2. The SMILES string of the molecule is CC(C)n1c(CCCc2ccc(-c3cccc(CC(=O)O)c3)cc2)nn(Cc2ccc(C(C)(C)C)cc2)c1=O. The van der Waals surface area contributed by atoms with Crippen molar-refractivity contribution in [2.24, 2.45) is 0 Å². The molecule has 0 spiro atoms. The number of hydrogen-bond acceptors (Lipinski definition) is 3. The second-order valence-corrected chi connectivity index (χ2v) is 11.6. The first-order chi connectivity index (χ1) is 18.5. The molecule has 0 saturated carbocycles. The van der Waals surface area contributed by atoms with Crippen LogP contribution in [0.25, 0.3) is 11.1 Å². The number of hydrogen-bond donors (Lipinski definition) is 1. The van der Waals surface area contributed by atoms with Crippen LogP contribution in [0.5, 0.6) is 0 Å². The van der Waals surface area contributed by atoms with E-state index in [0.717, 1.165) is 47.3 Å². The molecule has 1 N–H and O–H groups in total. The van der Waals surface area contributed by atoms with Crippen LogP contribution in [-0.4, -0.2) is 25.4 Å². The number of rotatable bonds is 10. The Balaban J connectivity index is 1.41. The van der Waals surface area contributed by atoms with Crippen molar-refractivity contribution >= 4 is 5.97 Å². The van der Waals surface area contributed by atoms with E-state index in [2.05, 4.69) is 69.3 Å². The van der Waals surface area contributed by atoms with Crippen LogP contribution >= 0.6 is 0 Å². The van der Waals surface area contributed by atoms with Gasteiger partial charge in [0.1, 0.15) is 5.82 Å². The van der Waals surface area contributed by atoms with E-state index < -0.39 is 5.97 Å². The van der Waals surface area contributed by atoms with Crippen LogP contribution in [-0.2, 0) is 36.0 Å². The number of aromatic nitrogens is 3. The van der Waals surface area contributed by atoms with Gasteiger partial charge in [0.15, 0.2) is 0 Å². The lowest BCUT2D eigenvalue weighted by Gasteiger charge is -2.19. The van der Waals surface area contributed by atoms with Crippen LogP contribution in [0.15, 0.2) is 77.6 Å². The zero-order valence-electron chi connectivity index (χ0n) is 23.6. The molecular formula is C33H39N3O3. The quantitative estimate of drug-likeness (QED) is 0.258. The third kappa shape index (κ3) is 7.14. The molecule has 3 aromatic carbocycles. The molecule has 0 saturated heterocycles. The summed E-state index contributed by atoms with van der Waals surface area (Å²) in [6, 6.07) is 24.6. The van der Waals surface area contributed by atoms with Crippen molar-refractivity contribution in [3.8, 4) is 11.1 Å². The predicted octanol–water partition coefficient (Wildman–Crippen LogP) is 6.44. The normalized spacial score (nSPS) is 11.7. The second kappa shape index (κ2) is 11.9. The minimum absolute atomic E-state index is 0.0205. The zero-order chi connectivity index (χ0) is 28.2. The molecule has 1 heterocycles. The maximum absolute atomic E-state index is 13.2. The molecule has 6 nitrogen and oxygen atoms in total. The van der Waals surface area contributed by atoms with Crippen LogP contribution in [0, 0.1) is 0 Å². The largest absolute Gasteiger partial charge is 0.481 e. The molecule has 0 aliphatic heterocycles. The van der Waals surface area contributed by atoms with Crippen molar-refractivity contribution in [1.29, 1.82) is 0 Å². The number of nitrogens with zero attached hydrogens (tertiary/aromatic N) is 3. The fraction of sp³-hybridized carbons (Fsp3) is 0.364. The highest BCUT2D eigenvalue weighted by Crippen LogP contribution is 2.23. The summed E-state index contributed by atoms with van der Waals surface area (Å²) in [4.78, 5) is 24.2. The third-order valence-electron chi connectivity index (χ3n) is 7.05. The van der Waals surface area contributed by atoms with Crippen molar-refractivity contribution < 1.29 is 9.90 Å². The molecule has 0 bridgehead atoms. The molecule has 4 rings (SSSR count). The van der Waals surface area contributed by atoms with E-state index in [1.54, 1.807) is 4.68 Å². The zero-order valence-corrected chi connectivity index (χ0v) is 23.6. The number of carboxylic acids is 1. The van der Waals surface area contributed by atoms with E-state index in [1.165, 1.54) is 11.1 Å². The molecule has 4 aromatic rings. The number of carbonyl (C=O) groups is 1. The lowest BCUT2D eigenvalue weighted by atomic mass is 9.87. The van der Waals surface area contributed by atoms with E-state index in [-0.39, 0.29) is 23.6 Å². The molecule has 0 amide bonds. The van der Waals surface area contributed by atoms with Gasteiger partial charge in [-0.25, -0.2) is 9.48 Å². The standard InChI is InChI=1S/C33H39N3O3/c1-23(2)36-30(34-35(32(36)39)22-25-14-18-29(19-15-25)33(3,4)5)11-7-8-24-12-16-27(17-13-24)28-10-6-9-26(20-28)21-31(37)38/h6,9-10,12-20,23H,7-8,11,21-22H2,1-5H3,(H,37,38). The highest BCUT2D eigenvalue weighted by atomic mass is 16.4. The van der Waals surface area contributed by atoms with Gasteiger partial charge in [0.25, 0.3) is 0 Å². The van der Waals surface area contributed by atoms with Crippen LogP contribution in [0.3, 0.4) is 0 Å². The molecule has 0 fully saturated rings. The molecule has 0 radical (unpaired) electrons. The summed E-state index contributed by atoms with van der Waals surface area (Å²) in [5.74, 6) is -0.00171. The topological polar surface area (TPSA) is 77.1 Å². The Morgan fingerprint density at radius 1 is 0.872 bits per heavy atom. The van der Waals surface area contributed by atoms with Gasteiger partial charge in [-0.15, -0.1) is 0 Å². The fourth-order valence-corrected chi connectivity index (χ4v) is 4.89. The van der Waals surface area contributed by atoms with Crippen molar-refractivity contribution in [2.75, 3.05) is 0 Å². The summed E-state index contributed by atoms with van der Waals surface area (Å²) in [7, 11) is 0. The summed E-state index contributed by atoms with van der Waals surface area (Å²) in [6.07, 6.45) is 2.51. The van der Waals surface area contributed by atoms with Gasteiger partial charge < -0.3 is 5.11 Å². The summed E-state index contributed by atoms with van der Waals surface area (Å²) in [6.45, 7) is 11.1. The average molecular weight is 526 g/mol. The van der Waals surface area contributed by atoms with Gasteiger partial charge in [-0.05, 0) is 65.5 Å². The summed E-state index contributed by atoms with van der Waals surface area (Å²) in [5.41, 5.74) is 6.46.